The minimum absolute atomic E-state index is 0.116. The number of benzene rings is 1. The average molecular weight is 265 g/mol. The molecule has 0 aliphatic heterocycles. The molecule has 5 heteroatoms. The number of carbonyl (C=O) groups is 2. The zero-order valence-corrected chi connectivity index (χ0v) is 10.9. The highest BCUT2D eigenvalue weighted by atomic mass is 16.4. The lowest BCUT2D eigenvalue weighted by Gasteiger charge is -2.25. The second-order valence-corrected chi connectivity index (χ2v) is 4.62. The molecule has 19 heavy (non-hydrogen) atoms. The predicted octanol–water partition coefficient (Wildman–Crippen LogP) is 2.20. The Morgan fingerprint density at radius 1 is 1.16 bits per heavy atom. The zero-order chi connectivity index (χ0) is 14.5. The molecule has 5 nitrogen and oxygen atoms in total. The lowest BCUT2D eigenvalue weighted by atomic mass is 9.85. The molecule has 0 fully saturated rings. The smallest absolute Gasteiger partial charge is 0.335 e. The van der Waals surface area contributed by atoms with Gasteiger partial charge in [0.15, 0.2) is 0 Å². The monoisotopic (exact) mass is 265 g/mol. The van der Waals surface area contributed by atoms with Crippen molar-refractivity contribution in [2.24, 2.45) is 5.73 Å². The van der Waals surface area contributed by atoms with Gasteiger partial charge < -0.3 is 15.9 Å². The van der Waals surface area contributed by atoms with Crippen molar-refractivity contribution in [3.63, 3.8) is 0 Å². The van der Waals surface area contributed by atoms with Crippen LogP contribution < -0.4 is 5.73 Å². The summed E-state index contributed by atoms with van der Waals surface area (Å²) in [5.74, 6) is -2.14. The first-order valence-electron chi connectivity index (χ1n) is 6.28. The normalized spacial score (nSPS) is 13.8. The molecule has 0 aliphatic carbocycles. The van der Waals surface area contributed by atoms with Crippen molar-refractivity contribution < 1.29 is 19.8 Å². The minimum atomic E-state index is -1.45. The Balaban J connectivity index is 2.98. The number of carboxylic acids is 2. The number of carboxylic acid groups (broad SMARTS) is 2. The van der Waals surface area contributed by atoms with Crippen molar-refractivity contribution in [2.45, 2.75) is 38.1 Å². The number of aliphatic carboxylic acids is 1. The van der Waals surface area contributed by atoms with Crippen LogP contribution in [0.2, 0.25) is 0 Å². The third kappa shape index (κ3) is 3.54. The lowest BCUT2D eigenvalue weighted by Crippen LogP contribution is -2.44. The molecule has 1 aromatic rings. The van der Waals surface area contributed by atoms with Gasteiger partial charge in [-0.15, -0.1) is 0 Å². The first-order chi connectivity index (χ1) is 8.91. The van der Waals surface area contributed by atoms with Gasteiger partial charge in [-0.05, 0) is 24.1 Å². The standard InChI is InChI=1S/C14H19NO4/c1-2-3-4-9-14(15,13(18)19)11-7-5-10(6-8-11)12(16)17/h5-8H,2-4,9,15H2,1H3,(H,16,17)(H,18,19)/t14-/m0/s1. The van der Waals surface area contributed by atoms with Crippen LogP contribution in [0.1, 0.15) is 48.5 Å². The Bertz CT molecular complexity index is 455. The summed E-state index contributed by atoms with van der Waals surface area (Å²) in [5, 5.41) is 18.1. The highest BCUT2D eigenvalue weighted by Gasteiger charge is 2.35. The Morgan fingerprint density at radius 2 is 1.74 bits per heavy atom. The van der Waals surface area contributed by atoms with Crippen molar-refractivity contribution in [3.05, 3.63) is 35.4 Å². The number of hydrogen-bond donors (Lipinski definition) is 3. The number of unbranched alkanes of at least 4 members (excludes halogenated alkanes) is 2. The van der Waals surface area contributed by atoms with Crippen LogP contribution in [0.25, 0.3) is 0 Å². The highest BCUT2D eigenvalue weighted by molar-refractivity contribution is 5.88. The number of nitrogens with two attached hydrogens (primary N) is 1. The first kappa shape index (κ1) is 15.2. The third-order valence-electron chi connectivity index (χ3n) is 3.20. The van der Waals surface area contributed by atoms with E-state index in [0.717, 1.165) is 19.3 Å². The largest absolute Gasteiger partial charge is 0.480 e. The number of hydrogen-bond acceptors (Lipinski definition) is 3. The van der Waals surface area contributed by atoms with E-state index in [-0.39, 0.29) is 5.56 Å². The van der Waals surface area contributed by atoms with Crippen molar-refractivity contribution in [1.82, 2.24) is 0 Å². The van der Waals surface area contributed by atoms with E-state index in [1.54, 1.807) is 0 Å². The molecule has 0 aliphatic rings. The van der Waals surface area contributed by atoms with Crippen LogP contribution in [0, 0.1) is 0 Å². The highest BCUT2D eigenvalue weighted by Crippen LogP contribution is 2.25. The van der Waals surface area contributed by atoms with Crippen LogP contribution in [0.15, 0.2) is 24.3 Å². The SMILES string of the molecule is CCCCC[C@@](N)(C(=O)O)c1ccc(C(=O)O)cc1. The maximum Gasteiger partial charge on any atom is 0.335 e. The molecule has 104 valence electrons. The van der Waals surface area contributed by atoms with Crippen molar-refractivity contribution in [1.29, 1.82) is 0 Å². The van der Waals surface area contributed by atoms with Gasteiger partial charge in [0.2, 0.25) is 0 Å². The molecular formula is C14H19NO4. The Kier molecular flexibility index (Phi) is 5.06. The van der Waals surface area contributed by atoms with E-state index < -0.39 is 17.5 Å². The van der Waals surface area contributed by atoms with Crippen molar-refractivity contribution in [2.75, 3.05) is 0 Å². The molecule has 1 aromatic carbocycles. The molecule has 0 spiro atoms. The maximum absolute atomic E-state index is 11.4. The van der Waals surface area contributed by atoms with Gasteiger partial charge >= 0.3 is 11.9 Å². The van der Waals surface area contributed by atoms with Gasteiger partial charge in [-0.2, -0.15) is 0 Å². The summed E-state index contributed by atoms with van der Waals surface area (Å²) in [6.07, 6.45) is 2.95. The molecule has 0 radical (unpaired) electrons. The predicted molar refractivity (Wildman–Crippen MR) is 71.0 cm³/mol. The Hall–Kier alpha value is -1.88. The summed E-state index contributed by atoms with van der Waals surface area (Å²) in [4.78, 5) is 22.2. The fraction of sp³-hybridized carbons (Fsp3) is 0.429. The van der Waals surface area contributed by atoms with Gasteiger partial charge in [0.25, 0.3) is 0 Å². The summed E-state index contributed by atoms with van der Waals surface area (Å²) in [6.45, 7) is 2.03. The van der Waals surface area contributed by atoms with E-state index in [0.29, 0.717) is 12.0 Å². The van der Waals surface area contributed by atoms with Gasteiger partial charge in [-0.25, -0.2) is 9.59 Å². The maximum atomic E-state index is 11.4. The summed E-state index contributed by atoms with van der Waals surface area (Å²) >= 11 is 0. The van der Waals surface area contributed by atoms with Gasteiger partial charge in [-0.3, -0.25) is 0 Å². The fourth-order valence-electron chi connectivity index (χ4n) is 1.94. The van der Waals surface area contributed by atoms with Crippen molar-refractivity contribution >= 4 is 11.9 Å². The van der Waals surface area contributed by atoms with Gasteiger partial charge in [0.05, 0.1) is 5.56 Å². The molecule has 0 saturated carbocycles. The van der Waals surface area contributed by atoms with Crippen LogP contribution >= 0.6 is 0 Å². The van der Waals surface area contributed by atoms with Gasteiger partial charge in [0, 0.05) is 0 Å². The molecule has 0 saturated heterocycles. The molecule has 0 unspecified atom stereocenters. The molecule has 0 amide bonds. The molecular weight excluding hydrogens is 246 g/mol. The zero-order valence-electron chi connectivity index (χ0n) is 10.9. The van der Waals surface area contributed by atoms with E-state index in [1.165, 1.54) is 24.3 Å². The lowest BCUT2D eigenvalue weighted by molar-refractivity contribution is -0.144. The molecule has 0 bridgehead atoms. The van der Waals surface area contributed by atoms with Crippen LogP contribution in [-0.2, 0) is 10.3 Å². The molecule has 4 N–H and O–H groups in total. The Labute approximate surface area is 112 Å². The summed E-state index contributed by atoms with van der Waals surface area (Å²) in [5.41, 5.74) is 5.08. The van der Waals surface area contributed by atoms with Crippen molar-refractivity contribution in [3.8, 4) is 0 Å². The minimum Gasteiger partial charge on any atom is -0.480 e. The third-order valence-corrected chi connectivity index (χ3v) is 3.20. The van der Waals surface area contributed by atoms with Gasteiger partial charge in [-0.1, -0.05) is 38.3 Å². The Morgan fingerprint density at radius 3 is 2.16 bits per heavy atom. The number of aromatic carboxylic acids is 1. The molecule has 1 atom stereocenters. The summed E-state index contributed by atoms with van der Waals surface area (Å²) < 4.78 is 0. The van der Waals surface area contributed by atoms with E-state index in [2.05, 4.69) is 0 Å². The van der Waals surface area contributed by atoms with E-state index in [1.807, 2.05) is 6.92 Å². The van der Waals surface area contributed by atoms with Gasteiger partial charge in [0.1, 0.15) is 5.54 Å². The first-order valence-corrected chi connectivity index (χ1v) is 6.28. The summed E-state index contributed by atoms with van der Waals surface area (Å²) in [6, 6.07) is 5.71. The molecule has 0 aromatic heterocycles. The fourth-order valence-corrected chi connectivity index (χ4v) is 1.94. The topological polar surface area (TPSA) is 101 Å². The van der Waals surface area contributed by atoms with Crippen LogP contribution in [0.5, 0.6) is 0 Å². The molecule has 1 rings (SSSR count). The van der Waals surface area contributed by atoms with E-state index in [4.69, 9.17) is 10.8 Å². The number of rotatable bonds is 7. The summed E-state index contributed by atoms with van der Waals surface area (Å²) in [7, 11) is 0. The molecule has 0 heterocycles. The average Bonchev–Trinajstić information content (AvgIpc) is 2.38. The van der Waals surface area contributed by atoms with Crippen LogP contribution in [-0.4, -0.2) is 22.2 Å². The van der Waals surface area contributed by atoms with Crippen LogP contribution in [0.4, 0.5) is 0 Å². The van der Waals surface area contributed by atoms with E-state index in [9.17, 15) is 14.7 Å². The second-order valence-electron chi connectivity index (χ2n) is 4.62. The van der Waals surface area contributed by atoms with Crippen LogP contribution in [0.3, 0.4) is 0 Å². The quantitative estimate of drug-likeness (QED) is 0.656. The van der Waals surface area contributed by atoms with E-state index >= 15 is 0 Å². The second kappa shape index (κ2) is 6.33.